The number of nitrogens with one attached hydrogen (secondary N) is 2. The summed E-state index contributed by atoms with van der Waals surface area (Å²) in [4.78, 5) is 11.2. The first-order valence-electron chi connectivity index (χ1n) is 5.44. The van der Waals surface area contributed by atoms with Crippen LogP contribution in [0.1, 0.15) is 10.4 Å². The quantitative estimate of drug-likeness (QED) is 0.732. The molecule has 2 aromatic rings. The van der Waals surface area contributed by atoms with Crippen LogP contribution in [0.3, 0.4) is 0 Å². The average molecular weight is 296 g/mol. The largest absolute Gasteiger partial charge is 0.496 e. The summed E-state index contributed by atoms with van der Waals surface area (Å²) in [5.41, 5.74) is 5.17. The predicted molar refractivity (Wildman–Crippen MR) is 70.9 cm³/mol. The number of H-pyrrole nitrogens is 1. The van der Waals surface area contributed by atoms with E-state index in [0.717, 1.165) is 6.07 Å². The summed E-state index contributed by atoms with van der Waals surface area (Å²) < 4.78 is 31.5. The van der Waals surface area contributed by atoms with Gasteiger partial charge in [0.1, 0.15) is 11.6 Å². The molecule has 0 unspecified atom stereocenters. The number of aromatic amines is 1. The second kappa shape index (κ2) is 5.21. The molecule has 0 aliphatic carbocycles. The first-order valence-corrected chi connectivity index (χ1v) is 6.92. The van der Waals surface area contributed by atoms with Gasteiger partial charge in [0.25, 0.3) is 15.9 Å². The molecule has 0 saturated carbocycles. The lowest BCUT2D eigenvalue weighted by atomic mass is 10.2. The number of carbonyl (C=O) groups is 1. The van der Waals surface area contributed by atoms with Gasteiger partial charge in [0.2, 0.25) is 0 Å². The number of nitrogens with zero attached hydrogens (tertiary/aromatic N) is 1. The van der Waals surface area contributed by atoms with E-state index in [0.29, 0.717) is 0 Å². The highest BCUT2D eigenvalue weighted by Crippen LogP contribution is 2.23. The topological polar surface area (TPSA) is 127 Å². The van der Waals surface area contributed by atoms with Crippen LogP contribution in [0.4, 0.5) is 5.82 Å². The third-order valence-corrected chi connectivity index (χ3v) is 3.85. The summed E-state index contributed by atoms with van der Waals surface area (Å²) >= 11 is 0. The molecule has 0 aliphatic heterocycles. The lowest BCUT2D eigenvalue weighted by molar-refractivity contribution is 0.0997. The van der Waals surface area contributed by atoms with Crippen LogP contribution in [-0.4, -0.2) is 31.6 Å². The molecular weight excluding hydrogens is 284 g/mol. The zero-order valence-corrected chi connectivity index (χ0v) is 11.3. The van der Waals surface area contributed by atoms with Crippen molar-refractivity contribution in [2.75, 3.05) is 11.8 Å². The third-order valence-electron chi connectivity index (χ3n) is 2.49. The maximum Gasteiger partial charge on any atom is 0.263 e. The number of nitrogens with two attached hydrogens (primary N) is 1. The molecule has 2 rings (SSSR count). The molecule has 0 aliphatic rings. The monoisotopic (exact) mass is 296 g/mol. The molecule has 0 bridgehead atoms. The van der Waals surface area contributed by atoms with E-state index in [2.05, 4.69) is 14.9 Å². The van der Waals surface area contributed by atoms with E-state index in [-0.39, 0.29) is 22.0 Å². The minimum absolute atomic E-state index is 0.0139. The Morgan fingerprint density at radius 1 is 1.40 bits per heavy atom. The Bertz CT molecular complexity index is 725. The summed E-state index contributed by atoms with van der Waals surface area (Å²) in [5.74, 6) is -0.361. The Morgan fingerprint density at radius 3 is 2.70 bits per heavy atom. The Labute approximate surface area is 115 Å². The highest BCUT2D eigenvalue weighted by Gasteiger charge is 2.19. The molecule has 0 spiro atoms. The molecule has 1 aromatic carbocycles. The molecule has 106 valence electrons. The summed E-state index contributed by atoms with van der Waals surface area (Å²) in [6, 6.07) is 5.28. The number of methoxy groups -OCH3 is 1. The lowest BCUT2D eigenvalue weighted by Crippen LogP contribution is -2.17. The fraction of sp³-hybridized carbons (Fsp3) is 0.0909. The van der Waals surface area contributed by atoms with Gasteiger partial charge in [-0.1, -0.05) is 0 Å². The van der Waals surface area contributed by atoms with Crippen molar-refractivity contribution >= 4 is 21.7 Å². The van der Waals surface area contributed by atoms with Crippen LogP contribution in [0.25, 0.3) is 0 Å². The molecule has 0 atom stereocenters. The smallest absolute Gasteiger partial charge is 0.263 e. The van der Waals surface area contributed by atoms with Crippen molar-refractivity contribution < 1.29 is 17.9 Å². The van der Waals surface area contributed by atoms with Gasteiger partial charge >= 0.3 is 0 Å². The van der Waals surface area contributed by atoms with E-state index in [9.17, 15) is 13.2 Å². The van der Waals surface area contributed by atoms with Crippen molar-refractivity contribution in [3.05, 3.63) is 36.0 Å². The predicted octanol–water partition coefficient (Wildman–Crippen LogP) is 0.318. The van der Waals surface area contributed by atoms with Crippen LogP contribution in [-0.2, 0) is 10.0 Å². The van der Waals surface area contributed by atoms with Gasteiger partial charge in [-0.2, -0.15) is 5.10 Å². The molecule has 1 amide bonds. The Hall–Kier alpha value is -2.55. The molecule has 1 heterocycles. The number of aromatic nitrogens is 2. The summed E-state index contributed by atoms with van der Waals surface area (Å²) in [5, 5.41) is 6.09. The van der Waals surface area contributed by atoms with E-state index in [4.69, 9.17) is 10.5 Å². The summed E-state index contributed by atoms with van der Waals surface area (Å²) in [6.07, 6.45) is 1.40. The number of primary amides is 1. The molecule has 0 radical (unpaired) electrons. The normalized spacial score (nSPS) is 11.1. The van der Waals surface area contributed by atoms with Crippen molar-refractivity contribution in [3.63, 3.8) is 0 Å². The lowest BCUT2D eigenvalue weighted by Gasteiger charge is -2.09. The van der Waals surface area contributed by atoms with Crippen LogP contribution in [0.5, 0.6) is 5.75 Å². The van der Waals surface area contributed by atoms with Crippen molar-refractivity contribution in [3.8, 4) is 5.75 Å². The summed E-state index contributed by atoms with van der Waals surface area (Å²) in [7, 11) is -2.49. The van der Waals surface area contributed by atoms with Gasteiger partial charge in [-0.05, 0) is 18.2 Å². The fourth-order valence-corrected chi connectivity index (χ4v) is 2.60. The molecular formula is C11H12N4O4S. The number of hydrogen-bond acceptors (Lipinski definition) is 5. The number of carbonyl (C=O) groups excluding carboxylic acids is 1. The maximum atomic E-state index is 12.1. The van der Waals surface area contributed by atoms with Gasteiger partial charge in [-0.25, -0.2) is 8.42 Å². The number of sulfonamides is 1. The minimum atomic E-state index is -3.85. The molecule has 20 heavy (non-hydrogen) atoms. The average Bonchev–Trinajstić information content (AvgIpc) is 2.89. The molecule has 0 saturated heterocycles. The van der Waals surface area contributed by atoms with E-state index in [1.54, 1.807) is 0 Å². The van der Waals surface area contributed by atoms with E-state index < -0.39 is 15.9 Å². The van der Waals surface area contributed by atoms with Gasteiger partial charge in [-0.3, -0.25) is 14.6 Å². The number of rotatable bonds is 5. The van der Waals surface area contributed by atoms with E-state index >= 15 is 0 Å². The third kappa shape index (κ3) is 2.72. The number of amides is 1. The zero-order chi connectivity index (χ0) is 14.8. The Morgan fingerprint density at radius 2 is 2.15 bits per heavy atom. The number of anilines is 1. The van der Waals surface area contributed by atoms with Crippen molar-refractivity contribution in [2.45, 2.75) is 4.90 Å². The van der Waals surface area contributed by atoms with Gasteiger partial charge < -0.3 is 10.5 Å². The number of benzene rings is 1. The molecule has 0 fully saturated rings. The molecule has 8 nitrogen and oxygen atoms in total. The first kappa shape index (κ1) is 13.9. The van der Waals surface area contributed by atoms with E-state index in [1.165, 1.54) is 31.5 Å². The van der Waals surface area contributed by atoms with Crippen LogP contribution in [0, 0.1) is 0 Å². The highest BCUT2D eigenvalue weighted by atomic mass is 32.2. The van der Waals surface area contributed by atoms with Crippen LogP contribution in [0.2, 0.25) is 0 Å². The van der Waals surface area contributed by atoms with Crippen molar-refractivity contribution in [1.82, 2.24) is 10.2 Å². The number of ether oxygens (including phenoxy) is 1. The SMILES string of the molecule is COc1ccc(S(=O)(=O)Nc2ccn[nH]2)cc1C(N)=O. The Balaban J connectivity index is 2.42. The fourth-order valence-electron chi connectivity index (χ4n) is 1.56. The molecule has 9 heteroatoms. The van der Waals surface area contributed by atoms with Crippen molar-refractivity contribution in [1.29, 1.82) is 0 Å². The number of hydrogen-bond donors (Lipinski definition) is 3. The minimum Gasteiger partial charge on any atom is -0.496 e. The van der Waals surface area contributed by atoms with Crippen LogP contribution in [0.15, 0.2) is 35.4 Å². The van der Waals surface area contributed by atoms with Crippen LogP contribution < -0.4 is 15.2 Å². The van der Waals surface area contributed by atoms with Crippen LogP contribution >= 0.6 is 0 Å². The second-order valence-corrected chi connectivity index (χ2v) is 5.48. The first-order chi connectivity index (χ1) is 9.44. The molecule has 4 N–H and O–H groups in total. The van der Waals surface area contributed by atoms with Gasteiger partial charge in [0.15, 0.2) is 0 Å². The van der Waals surface area contributed by atoms with Crippen molar-refractivity contribution in [2.24, 2.45) is 5.73 Å². The Kier molecular flexibility index (Phi) is 3.61. The van der Waals surface area contributed by atoms with Gasteiger partial charge in [0.05, 0.1) is 23.8 Å². The van der Waals surface area contributed by atoms with E-state index in [1.807, 2.05) is 0 Å². The van der Waals surface area contributed by atoms with Gasteiger partial charge in [0, 0.05) is 6.07 Å². The zero-order valence-electron chi connectivity index (χ0n) is 10.5. The summed E-state index contributed by atoms with van der Waals surface area (Å²) in [6.45, 7) is 0. The van der Waals surface area contributed by atoms with Gasteiger partial charge in [-0.15, -0.1) is 0 Å². The molecule has 1 aromatic heterocycles. The second-order valence-electron chi connectivity index (χ2n) is 3.80. The highest BCUT2D eigenvalue weighted by molar-refractivity contribution is 7.92. The standard InChI is InChI=1S/C11H12N4O4S/c1-19-9-3-2-7(6-8(9)11(12)16)20(17,18)15-10-4-5-13-14-10/h2-6H,1H3,(H2,12,16)(H2,13,14,15). The maximum absolute atomic E-state index is 12.1.